The lowest BCUT2D eigenvalue weighted by molar-refractivity contribution is 0.0959. The lowest BCUT2D eigenvalue weighted by atomic mass is 9.90. The Morgan fingerprint density at radius 3 is 2.62 bits per heavy atom. The number of anilines is 2. The molecule has 3 heterocycles. The number of benzene rings is 1. The maximum absolute atomic E-state index is 14.3. The predicted octanol–water partition coefficient (Wildman–Crippen LogP) is 4.37. The highest BCUT2D eigenvalue weighted by molar-refractivity contribution is 5.99. The van der Waals surface area contributed by atoms with E-state index < -0.39 is 23.0 Å². The van der Waals surface area contributed by atoms with Gasteiger partial charge in [-0.25, -0.2) is 13.5 Å². The van der Waals surface area contributed by atoms with Crippen molar-refractivity contribution in [2.45, 2.75) is 38.5 Å². The first-order valence-corrected chi connectivity index (χ1v) is 12.3. The zero-order valence-electron chi connectivity index (χ0n) is 19.1. The molecule has 2 saturated carbocycles. The van der Waals surface area contributed by atoms with Crippen LogP contribution in [-0.4, -0.2) is 46.8 Å². The molecule has 1 N–H and O–H groups in total. The van der Waals surface area contributed by atoms with Crippen molar-refractivity contribution >= 4 is 23.9 Å². The maximum Gasteiger partial charge on any atom is 0.246 e. The van der Waals surface area contributed by atoms with E-state index in [1.54, 1.807) is 4.68 Å². The number of hydrogen-bond acceptors (Lipinski definition) is 6. The highest BCUT2D eigenvalue weighted by atomic mass is 19.1. The van der Waals surface area contributed by atoms with Gasteiger partial charge >= 0.3 is 0 Å². The monoisotopic (exact) mass is 469 g/mol. The van der Waals surface area contributed by atoms with Gasteiger partial charge in [-0.3, -0.25) is 4.79 Å². The van der Waals surface area contributed by atoms with Gasteiger partial charge in [0.1, 0.15) is 17.4 Å². The number of rotatable bonds is 8. The van der Waals surface area contributed by atoms with E-state index in [1.165, 1.54) is 6.42 Å². The van der Waals surface area contributed by atoms with E-state index >= 15 is 0 Å². The maximum atomic E-state index is 14.3. The zero-order valence-corrected chi connectivity index (χ0v) is 19.1. The van der Waals surface area contributed by atoms with Crippen molar-refractivity contribution in [3.05, 3.63) is 35.4 Å². The molecule has 2 aliphatic heterocycles. The van der Waals surface area contributed by atoms with E-state index in [-0.39, 0.29) is 11.7 Å². The Kier molecular flexibility index (Phi) is 5.50. The molecule has 2 unspecified atom stereocenters. The Morgan fingerprint density at radius 1 is 1.15 bits per heavy atom. The first-order chi connectivity index (χ1) is 16.6. The second-order valence-electron chi connectivity index (χ2n) is 9.97. The van der Waals surface area contributed by atoms with Crippen molar-refractivity contribution in [1.29, 1.82) is 0 Å². The topological polar surface area (TPSA) is 72.3 Å². The quantitative estimate of drug-likeness (QED) is 0.579. The highest BCUT2D eigenvalue weighted by Gasteiger charge is 2.43. The third-order valence-electron chi connectivity index (χ3n) is 7.62. The Hall–Kier alpha value is -2.97. The molecule has 180 valence electrons. The first kappa shape index (κ1) is 21.6. The third-order valence-corrected chi connectivity index (χ3v) is 7.62. The molecule has 34 heavy (non-hydrogen) atoms. The summed E-state index contributed by atoms with van der Waals surface area (Å²) in [6.07, 6.45) is 9.72. The van der Waals surface area contributed by atoms with Gasteiger partial charge in [0, 0.05) is 43.9 Å². The van der Waals surface area contributed by atoms with Gasteiger partial charge < -0.3 is 15.0 Å². The van der Waals surface area contributed by atoms with E-state index in [0.29, 0.717) is 24.4 Å². The van der Waals surface area contributed by atoms with Gasteiger partial charge in [0.05, 0.1) is 12.2 Å². The van der Waals surface area contributed by atoms with Crippen LogP contribution in [0, 0.1) is 35.3 Å². The third kappa shape index (κ3) is 4.28. The van der Waals surface area contributed by atoms with Crippen LogP contribution in [-0.2, 0) is 0 Å². The molecule has 1 saturated heterocycles. The van der Waals surface area contributed by atoms with Gasteiger partial charge in [0.2, 0.25) is 11.9 Å². The van der Waals surface area contributed by atoms with Crippen LogP contribution in [0.2, 0.25) is 0 Å². The van der Waals surface area contributed by atoms with Crippen LogP contribution in [0.5, 0.6) is 5.75 Å². The van der Waals surface area contributed by atoms with Gasteiger partial charge in [0.25, 0.3) is 0 Å². The molecule has 0 amide bonds. The van der Waals surface area contributed by atoms with E-state index in [1.807, 2.05) is 12.3 Å². The number of nitrogens with zero attached hydrogens (tertiary/aromatic N) is 4. The molecular formula is C25H29F2N5O2. The average molecular weight is 470 g/mol. The van der Waals surface area contributed by atoms with Crippen LogP contribution in [0.1, 0.15) is 48.9 Å². The molecule has 0 bridgehead atoms. The van der Waals surface area contributed by atoms with Crippen molar-refractivity contribution in [3.8, 4) is 5.75 Å². The summed E-state index contributed by atoms with van der Waals surface area (Å²) in [6.45, 7) is 3.13. The number of halogens is 2. The number of fused-ring (bicyclic) bond motifs is 1. The number of piperidine rings is 1. The first-order valence-electron chi connectivity index (χ1n) is 12.3. The van der Waals surface area contributed by atoms with Crippen LogP contribution < -0.4 is 15.0 Å². The van der Waals surface area contributed by atoms with Crippen LogP contribution in [0.15, 0.2) is 18.2 Å². The molecule has 4 aliphatic rings. The Morgan fingerprint density at radius 2 is 1.91 bits per heavy atom. The van der Waals surface area contributed by atoms with Gasteiger partial charge in [0.15, 0.2) is 5.78 Å². The van der Waals surface area contributed by atoms with Crippen LogP contribution in [0.25, 0.3) is 6.20 Å². The summed E-state index contributed by atoms with van der Waals surface area (Å²) < 4.78 is 36.1. The molecule has 2 aliphatic carbocycles. The standard InChI is InChI=1S/C25H29F2N5O2/c26-20-13-18(14-21(27)22(20)23(33)16-2-3-16)34-11-6-17-12-19(17)15-4-9-31(10-5-15)25-29-24-28-7-1-8-32(24)30-25/h1,8,13-17,19H,2-7,9-12H2,(H,28,29,30). The predicted molar refractivity (Wildman–Crippen MR) is 124 cm³/mol. The molecule has 1 aromatic heterocycles. The van der Waals surface area contributed by atoms with Crippen molar-refractivity contribution in [1.82, 2.24) is 14.8 Å². The van der Waals surface area contributed by atoms with Crippen molar-refractivity contribution in [2.75, 3.05) is 36.5 Å². The molecule has 2 aromatic rings. The number of nitrogens with one attached hydrogen (secondary N) is 1. The molecule has 9 heteroatoms. The van der Waals surface area contributed by atoms with Crippen molar-refractivity contribution in [2.24, 2.45) is 23.7 Å². The number of ketones is 1. The van der Waals surface area contributed by atoms with Crippen molar-refractivity contribution < 1.29 is 18.3 Å². The molecule has 6 rings (SSSR count). The lowest BCUT2D eigenvalue weighted by Gasteiger charge is -2.31. The minimum Gasteiger partial charge on any atom is -0.493 e. The second kappa shape index (κ2) is 8.67. The zero-order chi connectivity index (χ0) is 23.2. The highest BCUT2D eigenvalue weighted by Crippen LogP contribution is 2.50. The second-order valence-corrected chi connectivity index (χ2v) is 9.97. The summed E-state index contributed by atoms with van der Waals surface area (Å²) in [5.41, 5.74) is -0.415. The molecule has 1 aromatic carbocycles. The number of hydrogen-bond donors (Lipinski definition) is 1. The largest absolute Gasteiger partial charge is 0.493 e. The SMILES string of the molecule is O=C(c1c(F)cc(OCCC2CC2C2CCN(c3nc4n(n3)C=CCN4)CC2)cc1F)C1CC1. The van der Waals surface area contributed by atoms with Crippen LogP contribution in [0.4, 0.5) is 20.7 Å². The van der Waals surface area contributed by atoms with E-state index in [9.17, 15) is 13.6 Å². The minimum absolute atomic E-state index is 0.160. The van der Waals surface area contributed by atoms with Crippen molar-refractivity contribution in [3.63, 3.8) is 0 Å². The Labute approximate surface area is 197 Å². The minimum atomic E-state index is -0.817. The summed E-state index contributed by atoms with van der Waals surface area (Å²) in [5, 5.41) is 7.80. The number of aromatic nitrogens is 3. The summed E-state index contributed by atoms with van der Waals surface area (Å²) in [5.74, 6) is 1.47. The van der Waals surface area contributed by atoms with E-state index in [2.05, 4.69) is 20.3 Å². The summed E-state index contributed by atoms with van der Waals surface area (Å²) >= 11 is 0. The van der Waals surface area contributed by atoms with Gasteiger partial charge in [-0.05, 0) is 62.4 Å². The molecule has 0 radical (unpaired) electrons. The van der Waals surface area contributed by atoms with Crippen LogP contribution in [0.3, 0.4) is 0 Å². The molecular weight excluding hydrogens is 440 g/mol. The molecule has 2 atom stereocenters. The lowest BCUT2D eigenvalue weighted by Crippen LogP contribution is -2.35. The molecule has 3 fully saturated rings. The molecule has 7 nitrogen and oxygen atoms in total. The Balaban J connectivity index is 0.959. The number of ether oxygens (including phenoxy) is 1. The van der Waals surface area contributed by atoms with Gasteiger partial charge in [-0.15, -0.1) is 5.10 Å². The summed E-state index contributed by atoms with van der Waals surface area (Å²) in [4.78, 5) is 18.9. The van der Waals surface area contributed by atoms with Gasteiger partial charge in [-0.1, -0.05) is 0 Å². The molecule has 0 spiro atoms. The van der Waals surface area contributed by atoms with E-state index in [4.69, 9.17) is 4.74 Å². The van der Waals surface area contributed by atoms with Crippen LogP contribution >= 0.6 is 0 Å². The average Bonchev–Trinajstić information content (AvgIpc) is 3.76. The normalized spacial score (nSPS) is 24.0. The summed E-state index contributed by atoms with van der Waals surface area (Å²) in [7, 11) is 0. The fraction of sp³-hybridized carbons (Fsp3) is 0.560. The Bertz CT molecular complexity index is 1100. The number of carbonyl (C=O) groups excluding carboxylic acids is 1. The fourth-order valence-electron chi connectivity index (χ4n) is 5.43. The summed E-state index contributed by atoms with van der Waals surface area (Å²) in [6, 6.07) is 2.29. The number of carbonyl (C=O) groups is 1. The fourth-order valence-corrected chi connectivity index (χ4v) is 5.43. The van der Waals surface area contributed by atoms with Gasteiger partial charge in [-0.2, -0.15) is 4.98 Å². The van der Waals surface area contributed by atoms with E-state index in [0.717, 1.165) is 75.8 Å². The smallest absolute Gasteiger partial charge is 0.246 e. The number of Topliss-reactive ketones (excluding diaryl/α,β-unsaturated/α-hetero) is 1.